The monoisotopic (exact) mass is 162 g/mol. The predicted octanol–water partition coefficient (Wildman–Crippen LogP) is 2.29. The summed E-state index contributed by atoms with van der Waals surface area (Å²) in [5.41, 5.74) is 0. The zero-order valence-corrected chi connectivity index (χ0v) is 7.26. The summed E-state index contributed by atoms with van der Waals surface area (Å²) in [6.07, 6.45) is 1.05. The van der Waals surface area contributed by atoms with E-state index in [-0.39, 0.29) is 0 Å². The van der Waals surface area contributed by atoms with Gasteiger partial charge in [-0.3, -0.25) is 4.99 Å². The molecule has 0 unspecified atom stereocenters. The third-order valence-corrected chi connectivity index (χ3v) is 2.63. The summed E-state index contributed by atoms with van der Waals surface area (Å²) in [5, 5.41) is 0. The minimum Gasteiger partial charge on any atom is -0.271 e. The van der Waals surface area contributed by atoms with E-state index in [0.717, 1.165) is 13.0 Å². The molecular weight excluding hydrogens is 152 g/mol. The number of nitrogens with zero attached hydrogens (tertiary/aromatic N) is 2. The molecular formula is C5H10N2S2. The molecule has 0 aliphatic rings. The van der Waals surface area contributed by atoms with Gasteiger partial charge in [0.1, 0.15) is 5.84 Å². The molecule has 0 saturated carbocycles. The van der Waals surface area contributed by atoms with E-state index in [9.17, 15) is 0 Å². The first-order valence-electron chi connectivity index (χ1n) is 3.06. The van der Waals surface area contributed by atoms with Crippen LogP contribution in [0.15, 0.2) is 4.99 Å². The maximum Gasteiger partial charge on any atom is 0.129 e. The number of hydrogen-bond acceptors (Lipinski definition) is 3. The summed E-state index contributed by atoms with van der Waals surface area (Å²) in [6.45, 7) is 5.10. The second kappa shape index (κ2) is 3.17. The molecule has 1 aromatic heterocycles. The molecule has 0 aromatic carbocycles. The molecule has 0 fully saturated rings. The number of aromatic nitrogens is 1. The van der Waals surface area contributed by atoms with Gasteiger partial charge in [0.2, 0.25) is 0 Å². The molecule has 0 bridgehead atoms. The lowest BCUT2D eigenvalue weighted by Crippen LogP contribution is -2.00. The zero-order valence-electron chi connectivity index (χ0n) is 5.63. The Labute approximate surface area is 62.5 Å². The van der Waals surface area contributed by atoms with Crippen LogP contribution in [-0.4, -0.2) is 15.7 Å². The van der Waals surface area contributed by atoms with Gasteiger partial charge in [-0.15, -0.1) is 0 Å². The van der Waals surface area contributed by atoms with Crippen LogP contribution in [0.2, 0.25) is 0 Å². The zero-order chi connectivity index (χ0) is 6.69. The highest BCUT2D eigenvalue weighted by molar-refractivity contribution is 7.77. The lowest BCUT2D eigenvalue weighted by atomic mass is 10.4. The fourth-order valence-electron chi connectivity index (χ4n) is 0.584. The molecule has 0 spiro atoms. The SMILES string of the molecule is CCN=C(CC)n1ss1. The van der Waals surface area contributed by atoms with Crippen molar-refractivity contribution in [2.75, 3.05) is 6.54 Å². The van der Waals surface area contributed by atoms with Crippen LogP contribution in [0.4, 0.5) is 0 Å². The number of hydrogen-bond donors (Lipinski definition) is 0. The Morgan fingerprint density at radius 3 is 2.44 bits per heavy atom. The van der Waals surface area contributed by atoms with Gasteiger partial charge in [-0.1, -0.05) is 6.92 Å². The van der Waals surface area contributed by atoms with Crippen LogP contribution < -0.4 is 0 Å². The highest BCUT2D eigenvalue weighted by Gasteiger charge is 2.03. The fourth-order valence-corrected chi connectivity index (χ4v) is 1.78. The van der Waals surface area contributed by atoms with E-state index in [0.29, 0.717) is 0 Å². The Bertz CT molecular complexity index is 174. The molecule has 52 valence electrons. The maximum atomic E-state index is 4.31. The smallest absolute Gasteiger partial charge is 0.129 e. The third kappa shape index (κ3) is 1.95. The summed E-state index contributed by atoms with van der Waals surface area (Å²) in [4.78, 5) is 4.31. The molecule has 1 aromatic rings. The molecule has 1 heterocycles. The Hall–Kier alpha value is -0.0900. The van der Waals surface area contributed by atoms with Gasteiger partial charge in [0.25, 0.3) is 0 Å². The molecule has 0 N–H and O–H groups in total. The summed E-state index contributed by atoms with van der Waals surface area (Å²) >= 11 is 0. The van der Waals surface area contributed by atoms with Gasteiger partial charge in [-0.25, -0.2) is 0 Å². The van der Waals surface area contributed by atoms with Crippen LogP contribution in [0, 0.1) is 0 Å². The van der Waals surface area contributed by atoms with Crippen LogP contribution >= 0.6 is 21.1 Å². The summed E-state index contributed by atoms with van der Waals surface area (Å²) in [6, 6.07) is 0. The van der Waals surface area contributed by atoms with Gasteiger partial charge in [0.15, 0.2) is 0 Å². The molecule has 0 aliphatic heterocycles. The molecule has 1 rings (SSSR count). The largest absolute Gasteiger partial charge is 0.271 e. The normalized spacial score (nSPS) is 12.9. The minimum atomic E-state index is 0.904. The van der Waals surface area contributed by atoms with Crippen molar-refractivity contribution < 1.29 is 0 Å². The number of rotatable bonds is 2. The molecule has 4 heteroatoms. The van der Waals surface area contributed by atoms with E-state index in [4.69, 9.17) is 0 Å². The average molecular weight is 162 g/mol. The van der Waals surface area contributed by atoms with Crippen molar-refractivity contribution in [3.05, 3.63) is 0 Å². The first-order chi connectivity index (χ1) is 4.38. The first-order valence-corrected chi connectivity index (χ1v) is 5.13. The summed E-state index contributed by atoms with van der Waals surface area (Å²) in [7, 11) is 3.52. The fraction of sp³-hybridized carbons (Fsp3) is 0.800. The van der Waals surface area contributed by atoms with Crippen molar-refractivity contribution >= 4 is 26.9 Å². The second-order valence-corrected chi connectivity index (χ2v) is 3.80. The molecule has 2 nitrogen and oxygen atoms in total. The van der Waals surface area contributed by atoms with E-state index in [1.165, 1.54) is 5.84 Å². The van der Waals surface area contributed by atoms with Gasteiger partial charge in [-0.2, -0.15) is 3.35 Å². The van der Waals surface area contributed by atoms with Crippen LogP contribution in [-0.2, 0) is 0 Å². The predicted molar refractivity (Wildman–Crippen MR) is 43.9 cm³/mol. The van der Waals surface area contributed by atoms with Gasteiger partial charge in [0, 0.05) is 34.0 Å². The first kappa shape index (κ1) is 7.02. The van der Waals surface area contributed by atoms with Crippen molar-refractivity contribution in [2.45, 2.75) is 20.3 Å². The Kier molecular flexibility index (Phi) is 2.48. The van der Waals surface area contributed by atoms with Gasteiger partial charge >= 0.3 is 0 Å². The molecule has 0 saturated heterocycles. The van der Waals surface area contributed by atoms with Crippen molar-refractivity contribution in [2.24, 2.45) is 4.99 Å². The van der Waals surface area contributed by atoms with Crippen LogP contribution in [0.25, 0.3) is 0 Å². The molecule has 9 heavy (non-hydrogen) atoms. The van der Waals surface area contributed by atoms with E-state index < -0.39 is 0 Å². The van der Waals surface area contributed by atoms with E-state index in [1.54, 1.807) is 21.1 Å². The van der Waals surface area contributed by atoms with Crippen LogP contribution in [0.5, 0.6) is 0 Å². The topological polar surface area (TPSA) is 17.3 Å². The molecule has 0 atom stereocenters. The van der Waals surface area contributed by atoms with Crippen LogP contribution in [0.1, 0.15) is 20.3 Å². The van der Waals surface area contributed by atoms with Gasteiger partial charge in [-0.05, 0) is 6.92 Å². The van der Waals surface area contributed by atoms with Crippen LogP contribution in [0.3, 0.4) is 0 Å². The van der Waals surface area contributed by atoms with Crippen molar-refractivity contribution in [3.8, 4) is 0 Å². The summed E-state index contributed by atoms with van der Waals surface area (Å²) in [5.74, 6) is 1.22. The number of aliphatic imine (C=N–C) groups is 1. The third-order valence-electron chi connectivity index (χ3n) is 1.02. The van der Waals surface area contributed by atoms with E-state index in [2.05, 4.69) is 22.2 Å². The molecule has 0 aliphatic carbocycles. The van der Waals surface area contributed by atoms with Gasteiger partial charge in [0.05, 0.1) is 0 Å². The maximum absolute atomic E-state index is 4.31. The minimum absolute atomic E-state index is 0.904. The highest BCUT2D eigenvalue weighted by Crippen LogP contribution is 2.18. The lowest BCUT2D eigenvalue weighted by Gasteiger charge is -1.92. The Morgan fingerprint density at radius 2 is 2.11 bits per heavy atom. The standard InChI is InChI=1S/C5H10N2S2/c1-3-5(6-4-2)7-8-9-7/h3-4H2,1-2H3. The van der Waals surface area contributed by atoms with E-state index in [1.807, 2.05) is 0 Å². The lowest BCUT2D eigenvalue weighted by molar-refractivity contribution is 1.07. The molecule has 0 radical (unpaired) electrons. The summed E-state index contributed by atoms with van der Waals surface area (Å²) < 4.78 is 2.14. The quantitative estimate of drug-likeness (QED) is 0.361. The molecule has 0 amide bonds. The van der Waals surface area contributed by atoms with Crippen molar-refractivity contribution in [1.29, 1.82) is 0 Å². The Balaban J connectivity index is 2.52. The Morgan fingerprint density at radius 1 is 1.44 bits per heavy atom. The van der Waals surface area contributed by atoms with Crippen molar-refractivity contribution in [1.82, 2.24) is 3.35 Å². The van der Waals surface area contributed by atoms with Gasteiger partial charge < -0.3 is 0 Å². The highest BCUT2D eigenvalue weighted by atomic mass is 33.0. The average Bonchev–Trinajstić information content (AvgIpc) is 2.64. The van der Waals surface area contributed by atoms with Crippen molar-refractivity contribution in [3.63, 3.8) is 0 Å². The van der Waals surface area contributed by atoms with E-state index >= 15 is 0 Å². The second-order valence-electron chi connectivity index (χ2n) is 1.65.